The maximum atomic E-state index is 5.11. The summed E-state index contributed by atoms with van der Waals surface area (Å²) in [6.45, 7) is 0. The van der Waals surface area contributed by atoms with E-state index < -0.39 is 0 Å². The maximum absolute atomic E-state index is 5.11. The van der Waals surface area contributed by atoms with Gasteiger partial charge in [-0.2, -0.15) is 0 Å². The van der Waals surface area contributed by atoms with Gasteiger partial charge in [-0.25, -0.2) is 0 Å². The molecule has 1 aromatic heterocycles. The van der Waals surface area contributed by atoms with E-state index in [2.05, 4.69) is 10.4 Å². The highest BCUT2D eigenvalue weighted by Crippen LogP contribution is 2.00. The molecule has 48 valence electrons. The molecule has 0 bridgehead atoms. The molecule has 9 heavy (non-hydrogen) atoms. The summed E-state index contributed by atoms with van der Waals surface area (Å²) in [6.07, 6.45) is 1.73. The summed E-state index contributed by atoms with van der Waals surface area (Å²) in [6, 6.07) is 3.55. The zero-order valence-electron chi connectivity index (χ0n) is 4.72. The van der Waals surface area contributed by atoms with E-state index in [0.29, 0.717) is 4.64 Å². The molecule has 0 saturated carbocycles. The van der Waals surface area contributed by atoms with Crippen molar-refractivity contribution in [2.24, 2.45) is 5.84 Å². The summed E-state index contributed by atoms with van der Waals surface area (Å²) >= 11 is 4.81. The molecule has 4 N–H and O–H groups in total. The number of rotatable bonds is 1. The van der Waals surface area contributed by atoms with Gasteiger partial charge < -0.3 is 10.4 Å². The van der Waals surface area contributed by atoms with Gasteiger partial charge in [0.15, 0.2) is 0 Å². The number of nitrogens with two attached hydrogens (primary N) is 1. The lowest BCUT2D eigenvalue weighted by Gasteiger charge is -1.95. The minimum absolute atomic E-state index is 0.672. The van der Waals surface area contributed by atoms with E-state index in [9.17, 15) is 0 Å². The van der Waals surface area contributed by atoms with E-state index in [1.54, 1.807) is 18.3 Å². The molecule has 4 heteroatoms. The molecule has 0 aliphatic heterocycles. The smallest absolute Gasteiger partial charge is 0.105 e. The predicted molar refractivity (Wildman–Crippen MR) is 39.4 cm³/mol. The first-order chi connectivity index (χ1) is 4.33. The molecule has 0 radical (unpaired) electrons. The van der Waals surface area contributed by atoms with E-state index in [1.807, 2.05) is 0 Å². The van der Waals surface area contributed by atoms with Crippen LogP contribution in [0.25, 0.3) is 0 Å². The van der Waals surface area contributed by atoms with Crippen LogP contribution in [0, 0.1) is 4.64 Å². The minimum atomic E-state index is 0.672. The van der Waals surface area contributed by atoms with Crippen LogP contribution in [0.5, 0.6) is 0 Å². The van der Waals surface area contributed by atoms with Gasteiger partial charge in [-0.15, -0.1) is 0 Å². The Kier molecular flexibility index (Phi) is 1.81. The molecule has 0 aliphatic carbocycles. The SMILES string of the molecule is NNc1cc[nH]c(=S)c1. The Balaban J connectivity index is 3.08. The lowest BCUT2D eigenvalue weighted by atomic mass is 10.4. The third-order valence-corrected chi connectivity index (χ3v) is 1.18. The van der Waals surface area contributed by atoms with Crippen LogP contribution < -0.4 is 11.3 Å². The van der Waals surface area contributed by atoms with Crippen LogP contribution in [-0.2, 0) is 0 Å². The van der Waals surface area contributed by atoms with Gasteiger partial charge in [-0.05, 0) is 12.1 Å². The van der Waals surface area contributed by atoms with Crippen LogP contribution in [0.4, 0.5) is 5.69 Å². The van der Waals surface area contributed by atoms with Crippen molar-refractivity contribution < 1.29 is 0 Å². The van der Waals surface area contributed by atoms with Gasteiger partial charge in [-0.3, -0.25) is 5.84 Å². The summed E-state index contributed by atoms with van der Waals surface area (Å²) in [4.78, 5) is 2.83. The Bertz CT molecular complexity index is 242. The van der Waals surface area contributed by atoms with E-state index in [4.69, 9.17) is 18.1 Å². The minimum Gasteiger partial charge on any atom is -0.353 e. The van der Waals surface area contributed by atoms with Gasteiger partial charge >= 0.3 is 0 Å². The number of hydrogen-bond donors (Lipinski definition) is 3. The summed E-state index contributed by atoms with van der Waals surface area (Å²) in [5, 5.41) is 0. The molecule has 0 aromatic carbocycles. The first-order valence-electron chi connectivity index (χ1n) is 2.48. The standard InChI is InChI=1S/C5H7N3S/c6-8-4-1-2-7-5(9)3-4/h1-3H,6H2,(H2,7,8,9). The fourth-order valence-corrected chi connectivity index (χ4v) is 0.729. The Hall–Kier alpha value is -0.870. The number of H-pyrrole nitrogens is 1. The van der Waals surface area contributed by atoms with Crippen molar-refractivity contribution in [2.75, 3.05) is 5.43 Å². The number of hydrogen-bond acceptors (Lipinski definition) is 3. The number of hydrazine groups is 1. The molecule has 0 unspecified atom stereocenters. The molecule has 0 fully saturated rings. The van der Waals surface area contributed by atoms with Crippen LogP contribution in [0.2, 0.25) is 0 Å². The van der Waals surface area contributed by atoms with Crippen molar-refractivity contribution in [3.63, 3.8) is 0 Å². The average molecular weight is 141 g/mol. The normalized spacial score (nSPS) is 9.00. The van der Waals surface area contributed by atoms with Crippen molar-refractivity contribution in [1.29, 1.82) is 0 Å². The second kappa shape index (κ2) is 2.61. The first kappa shape index (κ1) is 6.25. The number of aromatic nitrogens is 1. The van der Waals surface area contributed by atoms with Gasteiger partial charge in [0.1, 0.15) is 4.64 Å². The van der Waals surface area contributed by atoms with Gasteiger partial charge in [0.2, 0.25) is 0 Å². The first-order valence-corrected chi connectivity index (χ1v) is 2.89. The third kappa shape index (κ3) is 1.51. The topological polar surface area (TPSA) is 53.8 Å². The molecule has 0 aliphatic rings. The second-order valence-electron chi connectivity index (χ2n) is 1.59. The molecule has 3 nitrogen and oxygen atoms in total. The second-order valence-corrected chi connectivity index (χ2v) is 2.03. The van der Waals surface area contributed by atoms with Gasteiger partial charge in [0.25, 0.3) is 0 Å². The van der Waals surface area contributed by atoms with Crippen molar-refractivity contribution in [2.45, 2.75) is 0 Å². The number of anilines is 1. The Morgan fingerprint density at radius 2 is 2.44 bits per heavy atom. The van der Waals surface area contributed by atoms with Crippen molar-refractivity contribution in [3.8, 4) is 0 Å². The highest BCUT2D eigenvalue weighted by Gasteiger charge is 1.82. The zero-order chi connectivity index (χ0) is 6.69. The van der Waals surface area contributed by atoms with Gasteiger partial charge in [-0.1, -0.05) is 12.2 Å². The predicted octanol–water partition coefficient (Wildman–Crippen LogP) is 1.03. The monoisotopic (exact) mass is 141 g/mol. The molecule has 0 saturated heterocycles. The van der Waals surface area contributed by atoms with Crippen LogP contribution in [0.3, 0.4) is 0 Å². The van der Waals surface area contributed by atoms with Crippen LogP contribution in [-0.4, -0.2) is 4.98 Å². The van der Waals surface area contributed by atoms with E-state index >= 15 is 0 Å². The molecule has 1 heterocycles. The van der Waals surface area contributed by atoms with Gasteiger partial charge in [0, 0.05) is 6.20 Å². The molecule has 1 rings (SSSR count). The van der Waals surface area contributed by atoms with Crippen LogP contribution in [0.1, 0.15) is 0 Å². The largest absolute Gasteiger partial charge is 0.353 e. The molecular weight excluding hydrogens is 134 g/mol. The lowest BCUT2D eigenvalue weighted by molar-refractivity contribution is 1.26. The van der Waals surface area contributed by atoms with E-state index in [0.717, 1.165) is 5.69 Å². The van der Waals surface area contributed by atoms with Gasteiger partial charge in [0.05, 0.1) is 5.69 Å². The Labute approximate surface area is 57.9 Å². The summed E-state index contributed by atoms with van der Waals surface area (Å²) in [5.41, 5.74) is 3.30. The van der Waals surface area contributed by atoms with E-state index in [1.165, 1.54) is 0 Å². The highest BCUT2D eigenvalue weighted by atomic mass is 32.1. The number of nitrogen functional groups attached to an aromatic ring is 1. The molecule has 0 spiro atoms. The van der Waals surface area contributed by atoms with Crippen LogP contribution in [0.15, 0.2) is 18.3 Å². The number of aromatic amines is 1. The Morgan fingerprint density at radius 1 is 1.67 bits per heavy atom. The highest BCUT2D eigenvalue weighted by molar-refractivity contribution is 7.71. The summed E-state index contributed by atoms with van der Waals surface area (Å²) in [5.74, 6) is 5.11. The van der Waals surface area contributed by atoms with Crippen LogP contribution >= 0.6 is 12.2 Å². The van der Waals surface area contributed by atoms with Crippen molar-refractivity contribution in [1.82, 2.24) is 4.98 Å². The maximum Gasteiger partial charge on any atom is 0.105 e. The van der Waals surface area contributed by atoms with Crippen molar-refractivity contribution in [3.05, 3.63) is 23.0 Å². The quantitative estimate of drug-likeness (QED) is 0.311. The number of pyridine rings is 1. The lowest BCUT2D eigenvalue weighted by Crippen LogP contribution is -2.06. The Morgan fingerprint density at radius 3 is 2.89 bits per heavy atom. The van der Waals surface area contributed by atoms with E-state index in [-0.39, 0.29) is 0 Å². The third-order valence-electron chi connectivity index (χ3n) is 0.942. The fraction of sp³-hybridized carbons (Fsp3) is 0. The molecular formula is C5H7N3S. The average Bonchev–Trinajstić information content (AvgIpc) is 1.88. The molecule has 1 aromatic rings. The fourth-order valence-electron chi connectivity index (χ4n) is 0.534. The zero-order valence-corrected chi connectivity index (χ0v) is 5.53. The molecule has 0 amide bonds. The summed E-state index contributed by atoms with van der Waals surface area (Å²) < 4.78 is 0.672. The molecule has 0 atom stereocenters. The number of nitrogens with one attached hydrogen (secondary N) is 2. The van der Waals surface area contributed by atoms with Crippen molar-refractivity contribution >= 4 is 17.9 Å². The summed E-state index contributed by atoms with van der Waals surface area (Å²) in [7, 11) is 0.